The van der Waals surface area contributed by atoms with Gasteiger partial charge in [0.25, 0.3) is 0 Å². The minimum Gasteiger partial charge on any atom is -0.465 e. The molecule has 4 heterocycles. The maximum atomic E-state index is 11.5. The normalized spacial score (nSPS) is 19.9. The largest absolute Gasteiger partial charge is 0.465 e. The summed E-state index contributed by atoms with van der Waals surface area (Å²) in [7, 11) is 2.15. The van der Waals surface area contributed by atoms with Gasteiger partial charge in [-0.3, -0.25) is 0 Å². The Morgan fingerprint density at radius 1 is 1.03 bits per heavy atom. The number of amides is 1. The highest BCUT2D eigenvalue weighted by atomic mass is 16.5. The fraction of sp³-hybridized carbons (Fsp3) is 0.500. The molecule has 2 aromatic carbocycles. The van der Waals surface area contributed by atoms with Crippen molar-refractivity contribution in [2.45, 2.75) is 45.2 Å². The first-order valence-corrected chi connectivity index (χ1v) is 14.2. The molecule has 0 spiro atoms. The lowest BCUT2D eigenvalue weighted by Gasteiger charge is -2.37. The summed E-state index contributed by atoms with van der Waals surface area (Å²) in [6, 6.07) is 13.9. The van der Waals surface area contributed by atoms with E-state index >= 15 is 0 Å². The molecule has 1 atom stereocenters. The van der Waals surface area contributed by atoms with Gasteiger partial charge in [0.2, 0.25) is 0 Å². The maximum Gasteiger partial charge on any atom is 0.407 e. The van der Waals surface area contributed by atoms with E-state index in [1.807, 2.05) is 0 Å². The molecular weight excluding hydrogens is 492 g/mol. The monoisotopic (exact) mass is 530 g/mol. The number of nitrogens with zero attached hydrogens (tertiary/aromatic N) is 6. The Bertz CT molecular complexity index is 1350. The second-order valence-corrected chi connectivity index (χ2v) is 10.9. The van der Waals surface area contributed by atoms with E-state index in [4.69, 9.17) is 14.7 Å². The molecule has 2 fully saturated rings. The van der Waals surface area contributed by atoms with Crippen molar-refractivity contribution in [2.24, 2.45) is 0 Å². The molecule has 0 radical (unpaired) electrons. The molecule has 1 amide bonds. The Kier molecular flexibility index (Phi) is 7.16. The minimum atomic E-state index is -0.860. The summed E-state index contributed by atoms with van der Waals surface area (Å²) >= 11 is 0. The van der Waals surface area contributed by atoms with E-state index in [0.29, 0.717) is 51.4 Å². The van der Waals surface area contributed by atoms with Gasteiger partial charge >= 0.3 is 12.1 Å². The van der Waals surface area contributed by atoms with E-state index < -0.39 is 6.09 Å². The molecule has 0 aliphatic carbocycles. The molecule has 3 aliphatic rings. The highest BCUT2D eigenvalue weighted by Crippen LogP contribution is 2.36. The van der Waals surface area contributed by atoms with E-state index in [1.54, 1.807) is 0 Å². The zero-order valence-electron chi connectivity index (χ0n) is 23.0. The van der Waals surface area contributed by atoms with Gasteiger partial charge < -0.3 is 29.4 Å². The standard InChI is InChI=1S/C30H38N6O3/c1-3-21-7-4-8-22-9-5-11-26(27(21)22)36-14-12-24-25(19-36)31-29(39-20-23-10-6-13-33(23)2)32-28(24)34-15-17-35(18-16-34)30(37)38/h4-5,7-9,11,23H,3,6,10,12-20H2,1-2H3,(H,37,38)/t23-/m0/s1. The number of likely N-dealkylation sites (N-methyl/N-ethyl adjacent to an activating group) is 1. The number of ether oxygens (including phenoxy) is 1. The molecule has 0 bridgehead atoms. The second kappa shape index (κ2) is 10.9. The van der Waals surface area contributed by atoms with E-state index in [0.717, 1.165) is 49.4 Å². The Hall–Kier alpha value is -3.59. The zero-order chi connectivity index (χ0) is 26.9. The van der Waals surface area contributed by atoms with Crippen molar-refractivity contribution < 1.29 is 14.6 Å². The van der Waals surface area contributed by atoms with Gasteiger partial charge in [0.05, 0.1) is 12.2 Å². The average Bonchev–Trinajstić information content (AvgIpc) is 3.39. The predicted octanol–water partition coefficient (Wildman–Crippen LogP) is 4.03. The number of benzene rings is 2. The van der Waals surface area contributed by atoms with Crippen LogP contribution in [0.4, 0.5) is 16.3 Å². The molecular formula is C30H38N6O3. The van der Waals surface area contributed by atoms with Crippen LogP contribution in [0.15, 0.2) is 36.4 Å². The molecule has 6 rings (SSSR count). The Morgan fingerprint density at radius 2 is 1.82 bits per heavy atom. The van der Waals surface area contributed by atoms with E-state index in [1.165, 1.54) is 33.3 Å². The molecule has 3 aliphatic heterocycles. The van der Waals surface area contributed by atoms with Gasteiger partial charge in [-0.2, -0.15) is 9.97 Å². The number of rotatable bonds is 6. The van der Waals surface area contributed by atoms with Crippen LogP contribution >= 0.6 is 0 Å². The summed E-state index contributed by atoms with van der Waals surface area (Å²) in [5.74, 6) is 0.909. The van der Waals surface area contributed by atoms with Crippen molar-refractivity contribution in [1.82, 2.24) is 19.8 Å². The molecule has 0 unspecified atom stereocenters. The molecule has 1 N–H and O–H groups in total. The van der Waals surface area contributed by atoms with Gasteiger partial charge in [0.1, 0.15) is 12.4 Å². The SMILES string of the molecule is CCc1cccc2cccc(N3CCc4c(nc(OC[C@@H]5CCCN5C)nc4N4CCN(C(=O)O)CC4)C3)c12. The van der Waals surface area contributed by atoms with Crippen molar-refractivity contribution in [3.63, 3.8) is 0 Å². The number of fused-ring (bicyclic) bond motifs is 2. The summed E-state index contributed by atoms with van der Waals surface area (Å²) in [5.41, 5.74) is 4.78. The van der Waals surface area contributed by atoms with E-state index in [-0.39, 0.29) is 0 Å². The third-order valence-corrected chi connectivity index (χ3v) is 8.64. The van der Waals surface area contributed by atoms with Gasteiger partial charge in [-0.25, -0.2) is 4.79 Å². The Balaban J connectivity index is 1.32. The Labute approximate surface area is 230 Å². The number of carboxylic acid groups (broad SMARTS) is 1. The number of carbonyl (C=O) groups is 1. The van der Waals surface area contributed by atoms with Crippen LogP contribution in [0.3, 0.4) is 0 Å². The van der Waals surface area contributed by atoms with Gasteiger partial charge in [0, 0.05) is 55.4 Å². The highest BCUT2D eigenvalue weighted by molar-refractivity contribution is 5.97. The van der Waals surface area contributed by atoms with E-state index in [9.17, 15) is 9.90 Å². The summed E-state index contributed by atoms with van der Waals surface area (Å²) in [6.45, 7) is 7.64. The first-order valence-electron chi connectivity index (χ1n) is 14.2. The third-order valence-electron chi connectivity index (χ3n) is 8.64. The minimum absolute atomic E-state index is 0.381. The number of aromatic nitrogens is 2. The highest BCUT2D eigenvalue weighted by Gasteiger charge is 2.30. The van der Waals surface area contributed by atoms with Crippen LogP contribution < -0.4 is 14.5 Å². The number of likely N-dealkylation sites (tertiary alicyclic amines) is 1. The number of hydrogen-bond acceptors (Lipinski definition) is 7. The average molecular weight is 531 g/mol. The Morgan fingerprint density at radius 3 is 2.54 bits per heavy atom. The smallest absolute Gasteiger partial charge is 0.407 e. The van der Waals surface area contributed by atoms with Crippen LogP contribution in [0, 0.1) is 0 Å². The maximum absolute atomic E-state index is 11.5. The molecule has 206 valence electrons. The third kappa shape index (κ3) is 5.07. The van der Waals surface area contributed by atoms with Crippen molar-refractivity contribution in [2.75, 3.05) is 62.7 Å². The van der Waals surface area contributed by atoms with Crippen LogP contribution in [-0.2, 0) is 19.4 Å². The zero-order valence-corrected chi connectivity index (χ0v) is 23.0. The van der Waals surface area contributed by atoms with E-state index in [2.05, 4.69) is 65.1 Å². The van der Waals surface area contributed by atoms with Gasteiger partial charge in [-0.1, -0.05) is 37.3 Å². The van der Waals surface area contributed by atoms with Gasteiger partial charge in [-0.05, 0) is 56.3 Å². The van der Waals surface area contributed by atoms with Crippen LogP contribution in [0.25, 0.3) is 10.8 Å². The van der Waals surface area contributed by atoms with Crippen molar-refractivity contribution in [1.29, 1.82) is 0 Å². The molecule has 9 nitrogen and oxygen atoms in total. The number of piperazine rings is 1. The fourth-order valence-electron chi connectivity index (χ4n) is 6.35. The van der Waals surface area contributed by atoms with Gasteiger partial charge in [0.15, 0.2) is 0 Å². The fourth-order valence-corrected chi connectivity index (χ4v) is 6.35. The van der Waals surface area contributed by atoms with Crippen molar-refractivity contribution in [3.8, 4) is 6.01 Å². The molecule has 3 aromatic rings. The predicted molar refractivity (Wildman–Crippen MR) is 153 cm³/mol. The molecule has 0 saturated carbocycles. The van der Waals surface area contributed by atoms with Crippen LogP contribution in [0.1, 0.15) is 36.6 Å². The topological polar surface area (TPSA) is 85.3 Å². The molecule has 9 heteroatoms. The quantitative estimate of drug-likeness (QED) is 0.512. The number of anilines is 2. The second-order valence-electron chi connectivity index (χ2n) is 10.9. The number of aryl methyl sites for hydroxylation is 1. The van der Waals surface area contributed by atoms with Crippen molar-refractivity contribution >= 4 is 28.4 Å². The first-order chi connectivity index (χ1) is 19.0. The molecule has 2 saturated heterocycles. The lowest BCUT2D eigenvalue weighted by molar-refractivity contribution is 0.142. The van der Waals surface area contributed by atoms with Crippen molar-refractivity contribution in [3.05, 3.63) is 53.2 Å². The summed E-state index contributed by atoms with van der Waals surface area (Å²) in [6.07, 6.45) is 3.27. The number of hydrogen-bond donors (Lipinski definition) is 1. The molecule has 1 aromatic heterocycles. The lowest BCUT2D eigenvalue weighted by atomic mass is 9.98. The summed E-state index contributed by atoms with van der Waals surface area (Å²) in [4.78, 5) is 29.9. The van der Waals surface area contributed by atoms with Crippen LogP contribution in [0.2, 0.25) is 0 Å². The first kappa shape index (κ1) is 25.7. The summed E-state index contributed by atoms with van der Waals surface area (Å²) in [5, 5.41) is 12.0. The summed E-state index contributed by atoms with van der Waals surface area (Å²) < 4.78 is 6.25. The lowest BCUT2D eigenvalue weighted by Crippen LogP contribution is -2.49. The van der Waals surface area contributed by atoms with Gasteiger partial charge in [-0.15, -0.1) is 0 Å². The van der Waals surface area contributed by atoms with Crippen LogP contribution in [-0.4, -0.2) is 89.9 Å². The van der Waals surface area contributed by atoms with Crippen LogP contribution in [0.5, 0.6) is 6.01 Å². The molecule has 39 heavy (non-hydrogen) atoms.